The normalized spacial score (nSPS) is 36.3. The van der Waals surface area contributed by atoms with E-state index in [0.717, 1.165) is 0 Å². The highest BCUT2D eigenvalue weighted by molar-refractivity contribution is 4.93. The molecule has 0 spiro atoms. The van der Waals surface area contributed by atoms with Gasteiger partial charge < -0.3 is 28.8 Å². The molecular weight excluding hydrogens is 240 g/mol. The van der Waals surface area contributed by atoms with Crippen molar-refractivity contribution in [1.82, 2.24) is 0 Å². The Morgan fingerprint density at radius 1 is 1.11 bits per heavy atom. The van der Waals surface area contributed by atoms with Crippen LogP contribution in [0.15, 0.2) is 0 Å². The zero-order valence-electron chi connectivity index (χ0n) is 10.9. The molecule has 0 bridgehead atoms. The van der Waals surface area contributed by atoms with Gasteiger partial charge in [0.1, 0.15) is 31.0 Å². The molecule has 1 fully saturated rings. The Balaban J connectivity index is 2.84. The van der Waals surface area contributed by atoms with Crippen molar-refractivity contribution in [2.24, 2.45) is 0 Å². The van der Waals surface area contributed by atoms with E-state index in [0.29, 0.717) is 0 Å². The van der Waals surface area contributed by atoms with E-state index in [1.165, 1.54) is 14.2 Å². The highest BCUT2D eigenvalue weighted by Crippen LogP contribution is 2.27. The van der Waals surface area contributed by atoms with Crippen molar-refractivity contribution >= 4 is 0 Å². The van der Waals surface area contributed by atoms with Crippen LogP contribution >= 0.6 is 0 Å². The maximum Gasteiger partial charge on any atom is 0.188 e. The molecule has 0 radical (unpaired) electrons. The van der Waals surface area contributed by atoms with Gasteiger partial charge in [0.25, 0.3) is 0 Å². The van der Waals surface area contributed by atoms with Crippen LogP contribution in [0.25, 0.3) is 0 Å². The lowest BCUT2D eigenvalue weighted by Crippen LogP contribution is -2.61. The smallest absolute Gasteiger partial charge is 0.188 e. The third-order valence-corrected chi connectivity index (χ3v) is 2.92. The number of terminal acetylenes is 1. The molecule has 1 aliphatic heterocycles. The highest BCUT2D eigenvalue weighted by Gasteiger charge is 2.47. The highest BCUT2D eigenvalue weighted by atomic mass is 16.7. The third-order valence-electron chi connectivity index (χ3n) is 2.92. The van der Waals surface area contributed by atoms with E-state index in [1.54, 1.807) is 7.11 Å². The number of ether oxygens (including phenoxy) is 5. The van der Waals surface area contributed by atoms with Crippen LogP contribution in [0.4, 0.5) is 0 Å². The minimum atomic E-state index is -0.695. The van der Waals surface area contributed by atoms with Gasteiger partial charge in [-0.3, -0.25) is 0 Å². The zero-order valence-corrected chi connectivity index (χ0v) is 10.9. The molecule has 104 valence electrons. The molecule has 1 rings (SSSR count). The number of rotatable bonds is 6. The molecule has 0 aliphatic carbocycles. The first-order valence-electron chi connectivity index (χ1n) is 5.63. The molecular formula is C12H20O6. The van der Waals surface area contributed by atoms with E-state index in [-0.39, 0.29) is 13.2 Å². The molecule has 0 amide bonds. The van der Waals surface area contributed by atoms with Gasteiger partial charge >= 0.3 is 0 Å². The summed E-state index contributed by atoms with van der Waals surface area (Å²) in [5.74, 6) is 2.36. The SMILES string of the molecule is C#CCOC1O[C@H](CO)[C@@H](OC)[C@H](OC)[C@@H]1OC. The first-order valence-corrected chi connectivity index (χ1v) is 5.63. The third kappa shape index (κ3) is 3.20. The quantitative estimate of drug-likeness (QED) is 0.643. The van der Waals surface area contributed by atoms with Crippen LogP contribution in [0, 0.1) is 12.3 Å². The van der Waals surface area contributed by atoms with Crippen molar-refractivity contribution in [3.63, 3.8) is 0 Å². The van der Waals surface area contributed by atoms with Crippen LogP contribution in [-0.4, -0.2) is 70.4 Å². The van der Waals surface area contributed by atoms with Gasteiger partial charge in [-0.15, -0.1) is 6.42 Å². The summed E-state index contributed by atoms with van der Waals surface area (Å²) in [4.78, 5) is 0. The molecule has 6 nitrogen and oxygen atoms in total. The van der Waals surface area contributed by atoms with E-state index >= 15 is 0 Å². The molecule has 1 aliphatic rings. The van der Waals surface area contributed by atoms with Gasteiger partial charge in [-0.05, 0) is 0 Å². The Labute approximate surface area is 107 Å². The maximum atomic E-state index is 9.31. The van der Waals surface area contributed by atoms with Crippen LogP contribution < -0.4 is 0 Å². The fraction of sp³-hybridized carbons (Fsp3) is 0.833. The number of aliphatic hydroxyl groups excluding tert-OH is 1. The summed E-state index contributed by atoms with van der Waals surface area (Å²) in [6, 6.07) is 0. The topological polar surface area (TPSA) is 66.4 Å². The van der Waals surface area contributed by atoms with Gasteiger partial charge in [0, 0.05) is 21.3 Å². The van der Waals surface area contributed by atoms with Crippen LogP contribution in [0.2, 0.25) is 0 Å². The van der Waals surface area contributed by atoms with Gasteiger partial charge in [-0.25, -0.2) is 0 Å². The second-order valence-corrected chi connectivity index (χ2v) is 3.84. The second-order valence-electron chi connectivity index (χ2n) is 3.84. The number of hydrogen-bond donors (Lipinski definition) is 1. The van der Waals surface area contributed by atoms with E-state index in [1.807, 2.05) is 0 Å². The van der Waals surface area contributed by atoms with Crippen LogP contribution in [0.1, 0.15) is 0 Å². The maximum absolute atomic E-state index is 9.31. The number of hydrogen-bond acceptors (Lipinski definition) is 6. The Kier molecular flexibility index (Phi) is 6.57. The van der Waals surface area contributed by atoms with Gasteiger partial charge in [-0.1, -0.05) is 5.92 Å². The summed E-state index contributed by atoms with van der Waals surface area (Å²) in [6.07, 6.45) is 2.58. The predicted octanol–water partition coefficient (Wildman–Crippen LogP) is -0.602. The fourth-order valence-corrected chi connectivity index (χ4v) is 2.09. The first kappa shape index (κ1) is 15.4. The van der Waals surface area contributed by atoms with Crippen molar-refractivity contribution in [2.75, 3.05) is 34.5 Å². The van der Waals surface area contributed by atoms with E-state index in [4.69, 9.17) is 30.1 Å². The van der Waals surface area contributed by atoms with Crippen molar-refractivity contribution in [3.8, 4) is 12.3 Å². The number of aliphatic hydroxyl groups is 1. The van der Waals surface area contributed by atoms with Crippen LogP contribution in [-0.2, 0) is 23.7 Å². The minimum absolute atomic E-state index is 0.0940. The molecule has 0 aromatic carbocycles. The summed E-state index contributed by atoms with van der Waals surface area (Å²) in [7, 11) is 4.59. The zero-order chi connectivity index (χ0) is 13.5. The molecule has 5 atom stereocenters. The second kappa shape index (κ2) is 7.69. The summed E-state index contributed by atoms with van der Waals surface area (Å²) < 4.78 is 26.9. The fourth-order valence-electron chi connectivity index (χ4n) is 2.09. The van der Waals surface area contributed by atoms with Crippen molar-refractivity contribution in [2.45, 2.75) is 30.7 Å². The molecule has 0 saturated carbocycles. The standard InChI is InChI=1S/C12H20O6/c1-5-6-17-12-11(16-4)10(15-3)9(14-2)8(7-13)18-12/h1,8-13H,6-7H2,2-4H3/t8-,9-,10+,11+,12?/m1/s1. The lowest BCUT2D eigenvalue weighted by Gasteiger charge is -2.43. The van der Waals surface area contributed by atoms with Gasteiger partial charge in [0.15, 0.2) is 6.29 Å². The number of methoxy groups -OCH3 is 3. The Morgan fingerprint density at radius 3 is 2.17 bits per heavy atom. The van der Waals surface area contributed by atoms with E-state index in [2.05, 4.69) is 5.92 Å². The first-order chi connectivity index (χ1) is 8.73. The average Bonchev–Trinajstić information content (AvgIpc) is 2.42. The van der Waals surface area contributed by atoms with Crippen molar-refractivity contribution < 1.29 is 28.8 Å². The summed E-state index contributed by atoms with van der Waals surface area (Å²) >= 11 is 0. The lowest BCUT2D eigenvalue weighted by atomic mass is 9.98. The Bertz CT molecular complexity index is 276. The van der Waals surface area contributed by atoms with Crippen LogP contribution in [0.5, 0.6) is 0 Å². The lowest BCUT2D eigenvalue weighted by molar-refractivity contribution is -0.309. The molecule has 1 N–H and O–H groups in total. The summed E-state index contributed by atoms with van der Waals surface area (Å²) in [5.41, 5.74) is 0. The van der Waals surface area contributed by atoms with Gasteiger partial charge in [0.05, 0.1) is 6.61 Å². The molecule has 1 saturated heterocycles. The largest absolute Gasteiger partial charge is 0.394 e. The molecule has 1 heterocycles. The Hall–Kier alpha value is -0.680. The molecule has 18 heavy (non-hydrogen) atoms. The summed E-state index contributed by atoms with van der Waals surface area (Å²) in [6.45, 7) is -0.110. The average molecular weight is 260 g/mol. The van der Waals surface area contributed by atoms with Gasteiger partial charge in [0.2, 0.25) is 0 Å². The van der Waals surface area contributed by atoms with Gasteiger partial charge in [-0.2, -0.15) is 0 Å². The molecule has 0 aromatic heterocycles. The van der Waals surface area contributed by atoms with E-state index in [9.17, 15) is 5.11 Å². The van der Waals surface area contributed by atoms with Crippen molar-refractivity contribution in [1.29, 1.82) is 0 Å². The molecule has 0 aromatic rings. The monoisotopic (exact) mass is 260 g/mol. The Morgan fingerprint density at radius 2 is 1.72 bits per heavy atom. The van der Waals surface area contributed by atoms with Crippen molar-refractivity contribution in [3.05, 3.63) is 0 Å². The summed E-state index contributed by atoms with van der Waals surface area (Å²) in [5, 5.41) is 9.31. The predicted molar refractivity (Wildman–Crippen MR) is 62.9 cm³/mol. The van der Waals surface area contributed by atoms with Crippen LogP contribution in [0.3, 0.4) is 0 Å². The molecule has 6 heteroatoms. The van der Waals surface area contributed by atoms with E-state index < -0.39 is 30.7 Å². The molecule has 1 unspecified atom stereocenters. The minimum Gasteiger partial charge on any atom is -0.394 e.